The number of carbonyl (C=O) groups excluding carboxylic acids is 1. The van der Waals surface area contributed by atoms with Gasteiger partial charge in [0.1, 0.15) is 5.69 Å². The normalized spacial score (nSPS) is 19.1. The molecule has 1 fully saturated rings. The maximum atomic E-state index is 12.7. The molecule has 1 aromatic heterocycles. The van der Waals surface area contributed by atoms with Crippen molar-refractivity contribution in [2.75, 3.05) is 13.1 Å². The van der Waals surface area contributed by atoms with Crippen molar-refractivity contribution in [2.24, 2.45) is 0 Å². The Morgan fingerprint density at radius 2 is 1.95 bits per heavy atom. The Balaban J connectivity index is 2.09. The third-order valence-electron chi connectivity index (χ3n) is 3.78. The van der Waals surface area contributed by atoms with Gasteiger partial charge in [0, 0.05) is 38.2 Å². The first-order valence-electron chi connectivity index (χ1n) is 6.77. The molecule has 0 aliphatic carbocycles. The molecule has 8 heteroatoms. The smallest absolute Gasteiger partial charge is 0.380 e. The molecule has 0 unspecified atom stereocenters. The monoisotopic (exact) mass is 305 g/mol. The summed E-state index contributed by atoms with van der Waals surface area (Å²) in [5, 5.41) is 13.6. The van der Waals surface area contributed by atoms with Gasteiger partial charge >= 0.3 is 6.18 Å². The largest absolute Gasteiger partial charge is 0.417 e. The minimum atomic E-state index is -4.66. The maximum absolute atomic E-state index is 12.7. The summed E-state index contributed by atoms with van der Waals surface area (Å²) in [6.07, 6.45) is -4.18. The van der Waals surface area contributed by atoms with Crippen LogP contribution < -0.4 is 0 Å². The van der Waals surface area contributed by atoms with E-state index in [0.717, 1.165) is 0 Å². The van der Waals surface area contributed by atoms with Gasteiger partial charge in [0.2, 0.25) is 0 Å². The van der Waals surface area contributed by atoms with E-state index in [0.29, 0.717) is 5.69 Å². The van der Waals surface area contributed by atoms with Crippen LogP contribution in [0.2, 0.25) is 0 Å². The Morgan fingerprint density at radius 3 is 2.43 bits per heavy atom. The Kier molecular flexibility index (Phi) is 4.01. The van der Waals surface area contributed by atoms with Crippen molar-refractivity contribution in [1.29, 1.82) is 0 Å². The van der Waals surface area contributed by atoms with E-state index in [-0.39, 0.29) is 25.0 Å². The average Bonchev–Trinajstić information content (AvgIpc) is 2.86. The molecule has 1 amide bonds. The van der Waals surface area contributed by atoms with Gasteiger partial charge in [0.15, 0.2) is 5.60 Å². The van der Waals surface area contributed by atoms with E-state index in [1.165, 1.54) is 15.8 Å². The quantitative estimate of drug-likeness (QED) is 0.909. The molecule has 0 spiro atoms. The Bertz CT molecular complexity index is 517. The standard InChI is InChI=1S/C13H18F3N3O2/c1-9(2)19-10(3-6-17-19)11(20)18-7-4-12(21,5-8-18)13(14,15)16/h3,6,9,21H,4-5,7-8H2,1-2H3. The second-order valence-electron chi connectivity index (χ2n) is 5.58. The first-order chi connectivity index (χ1) is 9.66. The number of piperidine rings is 1. The highest BCUT2D eigenvalue weighted by atomic mass is 19.4. The number of aliphatic hydroxyl groups is 1. The third-order valence-corrected chi connectivity index (χ3v) is 3.78. The molecule has 0 saturated carbocycles. The van der Waals surface area contributed by atoms with E-state index in [4.69, 9.17) is 0 Å². The highest BCUT2D eigenvalue weighted by molar-refractivity contribution is 5.92. The Labute approximate surface area is 120 Å². The van der Waals surface area contributed by atoms with Crippen LogP contribution >= 0.6 is 0 Å². The summed E-state index contributed by atoms with van der Waals surface area (Å²) in [6, 6.07) is 1.53. The highest BCUT2D eigenvalue weighted by Gasteiger charge is 2.55. The third kappa shape index (κ3) is 2.90. The summed E-state index contributed by atoms with van der Waals surface area (Å²) in [5.41, 5.74) is -2.34. The fourth-order valence-corrected chi connectivity index (χ4v) is 2.42. The molecule has 2 heterocycles. The average molecular weight is 305 g/mol. The highest BCUT2D eigenvalue weighted by Crippen LogP contribution is 2.38. The molecular formula is C13H18F3N3O2. The van der Waals surface area contributed by atoms with E-state index in [1.54, 1.807) is 6.07 Å². The summed E-state index contributed by atoms with van der Waals surface area (Å²) in [7, 11) is 0. The fourth-order valence-electron chi connectivity index (χ4n) is 2.42. The van der Waals surface area contributed by atoms with Crippen molar-refractivity contribution in [2.45, 2.75) is 44.5 Å². The minimum absolute atomic E-state index is 0.0177. The van der Waals surface area contributed by atoms with Crippen LogP contribution in [0, 0.1) is 0 Å². The van der Waals surface area contributed by atoms with Gasteiger partial charge in [-0.3, -0.25) is 9.48 Å². The lowest BCUT2D eigenvalue weighted by Gasteiger charge is -2.39. The number of halogens is 3. The van der Waals surface area contributed by atoms with Crippen LogP contribution in [0.3, 0.4) is 0 Å². The predicted molar refractivity (Wildman–Crippen MR) is 68.8 cm³/mol. The van der Waals surface area contributed by atoms with Crippen LogP contribution in [-0.4, -0.2) is 50.6 Å². The van der Waals surface area contributed by atoms with Gasteiger partial charge in [-0.1, -0.05) is 0 Å². The van der Waals surface area contributed by atoms with Gasteiger partial charge < -0.3 is 10.0 Å². The molecule has 118 valence electrons. The summed E-state index contributed by atoms with van der Waals surface area (Å²) in [5.74, 6) is -0.356. The zero-order valence-corrected chi connectivity index (χ0v) is 11.9. The van der Waals surface area contributed by atoms with Gasteiger partial charge in [-0.25, -0.2) is 0 Å². The molecule has 5 nitrogen and oxygen atoms in total. The molecule has 1 aliphatic heterocycles. The molecule has 0 bridgehead atoms. The molecule has 0 atom stereocenters. The molecule has 1 aromatic rings. The van der Waals surface area contributed by atoms with Crippen molar-refractivity contribution in [3.63, 3.8) is 0 Å². The number of hydrogen-bond acceptors (Lipinski definition) is 3. The lowest BCUT2D eigenvalue weighted by Crippen LogP contribution is -2.54. The summed E-state index contributed by atoms with van der Waals surface area (Å²) >= 11 is 0. The maximum Gasteiger partial charge on any atom is 0.417 e. The molecule has 1 saturated heterocycles. The fraction of sp³-hybridized carbons (Fsp3) is 0.692. The lowest BCUT2D eigenvalue weighted by atomic mass is 9.90. The van der Waals surface area contributed by atoms with E-state index in [2.05, 4.69) is 5.10 Å². The molecule has 21 heavy (non-hydrogen) atoms. The zero-order chi connectivity index (χ0) is 15.8. The number of alkyl halides is 3. The van der Waals surface area contributed by atoms with Crippen LogP contribution in [0.1, 0.15) is 43.2 Å². The van der Waals surface area contributed by atoms with Crippen molar-refractivity contribution >= 4 is 5.91 Å². The van der Waals surface area contributed by atoms with Crippen molar-refractivity contribution in [3.05, 3.63) is 18.0 Å². The van der Waals surface area contributed by atoms with Crippen molar-refractivity contribution < 1.29 is 23.1 Å². The van der Waals surface area contributed by atoms with Crippen LogP contribution in [0.5, 0.6) is 0 Å². The SMILES string of the molecule is CC(C)n1nccc1C(=O)N1CCC(O)(C(F)(F)F)CC1. The van der Waals surface area contributed by atoms with E-state index in [9.17, 15) is 23.1 Å². The number of carbonyl (C=O) groups is 1. The summed E-state index contributed by atoms with van der Waals surface area (Å²) in [4.78, 5) is 13.7. The van der Waals surface area contributed by atoms with Gasteiger partial charge in [-0.15, -0.1) is 0 Å². The first kappa shape index (κ1) is 15.8. The molecule has 1 aliphatic rings. The molecule has 2 rings (SSSR count). The minimum Gasteiger partial charge on any atom is -0.380 e. The molecule has 1 N–H and O–H groups in total. The summed E-state index contributed by atoms with van der Waals surface area (Å²) in [6.45, 7) is 3.47. The topological polar surface area (TPSA) is 58.4 Å². The first-order valence-corrected chi connectivity index (χ1v) is 6.77. The van der Waals surface area contributed by atoms with Crippen LogP contribution in [0.15, 0.2) is 12.3 Å². The van der Waals surface area contributed by atoms with Crippen LogP contribution in [0.25, 0.3) is 0 Å². The molecule has 0 aromatic carbocycles. The molecular weight excluding hydrogens is 287 g/mol. The van der Waals surface area contributed by atoms with Crippen molar-refractivity contribution in [3.8, 4) is 0 Å². The Hall–Kier alpha value is -1.57. The van der Waals surface area contributed by atoms with Gasteiger partial charge in [0.25, 0.3) is 5.91 Å². The van der Waals surface area contributed by atoms with Gasteiger partial charge in [0.05, 0.1) is 0 Å². The number of hydrogen-bond donors (Lipinski definition) is 1. The number of amides is 1. The predicted octanol–water partition coefficient (Wildman–Crippen LogP) is 1.99. The molecule has 0 radical (unpaired) electrons. The number of rotatable bonds is 2. The second kappa shape index (κ2) is 5.32. The zero-order valence-electron chi connectivity index (χ0n) is 11.9. The van der Waals surface area contributed by atoms with E-state index in [1.807, 2.05) is 13.8 Å². The summed E-state index contributed by atoms with van der Waals surface area (Å²) < 4.78 is 39.7. The Morgan fingerprint density at radius 1 is 1.38 bits per heavy atom. The number of nitrogens with zero attached hydrogens (tertiary/aromatic N) is 3. The van der Waals surface area contributed by atoms with Crippen LogP contribution in [-0.2, 0) is 0 Å². The van der Waals surface area contributed by atoms with Gasteiger partial charge in [-0.2, -0.15) is 18.3 Å². The second-order valence-corrected chi connectivity index (χ2v) is 5.58. The number of likely N-dealkylation sites (tertiary alicyclic amines) is 1. The van der Waals surface area contributed by atoms with Gasteiger partial charge in [-0.05, 0) is 19.9 Å². The van der Waals surface area contributed by atoms with E-state index < -0.39 is 24.6 Å². The van der Waals surface area contributed by atoms with Crippen LogP contribution in [0.4, 0.5) is 13.2 Å². The van der Waals surface area contributed by atoms with Crippen molar-refractivity contribution in [1.82, 2.24) is 14.7 Å². The lowest BCUT2D eigenvalue weighted by molar-refractivity contribution is -0.271. The van der Waals surface area contributed by atoms with E-state index >= 15 is 0 Å². The number of aromatic nitrogens is 2.